The number of rotatable bonds is 5. The van der Waals surface area contributed by atoms with E-state index in [4.69, 9.17) is 0 Å². The summed E-state index contributed by atoms with van der Waals surface area (Å²) in [6, 6.07) is 78.2. The van der Waals surface area contributed by atoms with Gasteiger partial charge in [0.25, 0.3) is 6.71 Å². The van der Waals surface area contributed by atoms with Crippen molar-refractivity contribution in [2.75, 3.05) is 9.80 Å². The number of anilines is 6. The molecule has 3 heterocycles. The molecule has 322 valence electrons. The zero-order valence-electron chi connectivity index (χ0n) is 38.6. The summed E-state index contributed by atoms with van der Waals surface area (Å²) in [6.45, 7) is 9.12. The molecular formula is C64H47BN2S. The van der Waals surface area contributed by atoms with Gasteiger partial charge >= 0.3 is 0 Å². The second-order valence-corrected chi connectivity index (χ2v) is 20.6. The molecule has 10 aromatic rings. The fourth-order valence-electron chi connectivity index (χ4n) is 12.4. The third-order valence-electron chi connectivity index (χ3n) is 15.3. The first-order valence-electron chi connectivity index (χ1n) is 24.1. The molecule has 4 heteroatoms. The van der Waals surface area contributed by atoms with Crippen LogP contribution in [0.4, 0.5) is 34.1 Å². The molecule has 2 aliphatic carbocycles. The lowest BCUT2D eigenvalue weighted by molar-refractivity contribution is 0.810. The number of benzene rings is 9. The summed E-state index contributed by atoms with van der Waals surface area (Å²) in [6.07, 6.45) is 0. The van der Waals surface area contributed by atoms with Crippen LogP contribution >= 0.6 is 11.3 Å². The van der Waals surface area contributed by atoms with E-state index in [0.29, 0.717) is 5.92 Å². The minimum absolute atomic E-state index is 0.0106. The number of aryl methyl sites for hydroxylation is 2. The van der Waals surface area contributed by atoms with E-state index >= 15 is 0 Å². The smallest absolute Gasteiger partial charge is 0.264 e. The molecule has 68 heavy (non-hydrogen) atoms. The van der Waals surface area contributed by atoms with Crippen molar-refractivity contribution < 1.29 is 0 Å². The maximum atomic E-state index is 2.63. The maximum absolute atomic E-state index is 2.63. The Morgan fingerprint density at radius 2 is 1.06 bits per heavy atom. The molecule has 0 atom stereocenters. The highest BCUT2D eigenvalue weighted by atomic mass is 32.1. The molecule has 9 aromatic carbocycles. The van der Waals surface area contributed by atoms with Gasteiger partial charge in [-0.15, -0.1) is 11.3 Å². The number of para-hydroxylation sites is 2. The number of thiophene rings is 1. The summed E-state index contributed by atoms with van der Waals surface area (Å²) in [5, 5.41) is 0. The van der Waals surface area contributed by atoms with E-state index in [0.717, 1.165) is 5.69 Å². The highest BCUT2D eigenvalue weighted by Gasteiger charge is 2.57. The summed E-state index contributed by atoms with van der Waals surface area (Å²) in [4.78, 5) is 6.62. The van der Waals surface area contributed by atoms with E-state index in [2.05, 4.69) is 255 Å². The maximum Gasteiger partial charge on any atom is 0.264 e. The zero-order chi connectivity index (χ0) is 45.4. The summed E-state index contributed by atoms with van der Waals surface area (Å²) < 4.78 is 1.40. The van der Waals surface area contributed by atoms with E-state index in [1.807, 2.05) is 0 Å². The van der Waals surface area contributed by atoms with E-state index in [1.165, 1.54) is 127 Å². The van der Waals surface area contributed by atoms with E-state index in [1.54, 1.807) is 0 Å². The van der Waals surface area contributed by atoms with Crippen LogP contribution in [0.15, 0.2) is 206 Å². The van der Waals surface area contributed by atoms with Crippen molar-refractivity contribution >= 4 is 67.9 Å². The minimum atomic E-state index is -0.453. The van der Waals surface area contributed by atoms with Gasteiger partial charge in [-0.2, -0.15) is 0 Å². The SMILES string of the molecule is Cc1cc2c3c(c1)N(c1ccccc1)c1c(sc4c1-c1ccc(C)cc1C41c4ccccc4-c4ccccc41)B3c1ccc(-c3cc(C(C)C)ccc3-c3ccccc3)cc1N2c1ccccc1. The van der Waals surface area contributed by atoms with Crippen LogP contribution in [0, 0.1) is 13.8 Å². The van der Waals surface area contributed by atoms with Gasteiger partial charge in [-0.3, -0.25) is 0 Å². The molecule has 2 aliphatic heterocycles. The van der Waals surface area contributed by atoms with Crippen LogP contribution in [-0.4, -0.2) is 6.71 Å². The molecule has 0 amide bonds. The molecule has 0 N–H and O–H groups in total. The van der Waals surface area contributed by atoms with Crippen molar-refractivity contribution in [3.8, 4) is 44.5 Å². The lowest BCUT2D eigenvalue weighted by Gasteiger charge is -2.43. The molecule has 4 aliphatic rings. The van der Waals surface area contributed by atoms with Crippen LogP contribution in [0.25, 0.3) is 44.5 Å². The first kappa shape index (κ1) is 39.5. The Kier molecular flexibility index (Phi) is 8.52. The Hall–Kier alpha value is -7.66. The van der Waals surface area contributed by atoms with Gasteiger partial charge in [0.15, 0.2) is 0 Å². The summed E-state index contributed by atoms with van der Waals surface area (Å²) in [5.41, 5.74) is 27.9. The van der Waals surface area contributed by atoms with Gasteiger partial charge in [-0.05, 0) is 140 Å². The number of hydrogen-bond acceptors (Lipinski definition) is 3. The van der Waals surface area contributed by atoms with Gasteiger partial charge < -0.3 is 9.80 Å². The second-order valence-electron chi connectivity index (χ2n) is 19.5. The quantitative estimate of drug-likeness (QED) is 0.159. The van der Waals surface area contributed by atoms with Crippen molar-refractivity contribution in [1.82, 2.24) is 0 Å². The van der Waals surface area contributed by atoms with Crippen LogP contribution in [0.1, 0.15) is 58.0 Å². The van der Waals surface area contributed by atoms with E-state index in [9.17, 15) is 0 Å². The molecule has 0 unspecified atom stereocenters. The lowest BCUT2D eigenvalue weighted by atomic mass is 9.36. The Bertz CT molecular complexity index is 3660. The molecule has 0 radical (unpaired) electrons. The highest BCUT2D eigenvalue weighted by molar-refractivity contribution is 7.30. The highest BCUT2D eigenvalue weighted by Crippen LogP contribution is 2.67. The number of hydrogen-bond donors (Lipinski definition) is 0. The van der Waals surface area contributed by atoms with Crippen molar-refractivity contribution in [3.05, 3.63) is 245 Å². The standard InChI is InChI=1S/C64H47BN2S/c1-39(2)43-29-32-47(42-18-8-5-9-19-42)51(37-43)44-30-33-55-56(38-44)66(45-20-10-6-11-21-45)57-35-41(4)36-58-60(57)65(55)63-61(67(58)46-22-12-7-13-23-46)59-50-31-28-40(3)34-54(50)64(62(59)68-63)52-26-16-14-24-48(52)49-25-15-17-27-53(49)64/h5-39H,1-4H3. The Morgan fingerprint density at radius 1 is 0.456 bits per heavy atom. The molecule has 14 rings (SSSR count). The second kappa shape index (κ2) is 14.7. The third-order valence-corrected chi connectivity index (χ3v) is 16.7. The topological polar surface area (TPSA) is 6.48 Å². The molecule has 0 saturated carbocycles. The van der Waals surface area contributed by atoms with Gasteiger partial charge in [0.05, 0.1) is 11.1 Å². The van der Waals surface area contributed by atoms with Crippen LogP contribution in [0.3, 0.4) is 0 Å². The van der Waals surface area contributed by atoms with Crippen molar-refractivity contribution in [3.63, 3.8) is 0 Å². The molecule has 1 aromatic heterocycles. The predicted molar refractivity (Wildman–Crippen MR) is 289 cm³/mol. The molecular weight excluding hydrogens is 840 g/mol. The van der Waals surface area contributed by atoms with Crippen molar-refractivity contribution in [2.45, 2.75) is 39.0 Å². The summed E-state index contributed by atoms with van der Waals surface area (Å²) in [5.74, 6) is 0.399. The van der Waals surface area contributed by atoms with E-state index < -0.39 is 5.41 Å². The Balaban J connectivity index is 1.10. The summed E-state index contributed by atoms with van der Waals surface area (Å²) >= 11 is 2.06. The van der Waals surface area contributed by atoms with Gasteiger partial charge in [0.2, 0.25) is 0 Å². The Labute approximate surface area is 403 Å². The average molecular weight is 887 g/mol. The van der Waals surface area contributed by atoms with Gasteiger partial charge in [0.1, 0.15) is 0 Å². The molecule has 0 bridgehead atoms. The van der Waals surface area contributed by atoms with Crippen LogP contribution in [0.5, 0.6) is 0 Å². The Morgan fingerprint density at radius 3 is 1.74 bits per heavy atom. The molecule has 2 nitrogen and oxygen atoms in total. The van der Waals surface area contributed by atoms with Crippen LogP contribution in [-0.2, 0) is 5.41 Å². The van der Waals surface area contributed by atoms with E-state index in [-0.39, 0.29) is 6.71 Å². The summed E-state index contributed by atoms with van der Waals surface area (Å²) in [7, 11) is 0. The monoisotopic (exact) mass is 886 g/mol. The fraction of sp³-hybridized carbons (Fsp3) is 0.0938. The predicted octanol–water partition coefficient (Wildman–Crippen LogP) is 15.2. The minimum Gasteiger partial charge on any atom is -0.311 e. The number of nitrogens with zero attached hydrogens (tertiary/aromatic N) is 2. The lowest BCUT2D eigenvalue weighted by Crippen LogP contribution is -2.60. The zero-order valence-corrected chi connectivity index (χ0v) is 39.4. The first-order chi connectivity index (χ1) is 33.4. The van der Waals surface area contributed by atoms with Crippen molar-refractivity contribution in [2.24, 2.45) is 0 Å². The third kappa shape index (κ3) is 5.35. The normalized spacial score (nSPS) is 14.0. The van der Waals surface area contributed by atoms with Gasteiger partial charge in [-0.25, -0.2) is 0 Å². The molecule has 1 spiro atoms. The fourth-order valence-corrected chi connectivity index (χ4v) is 14.1. The van der Waals surface area contributed by atoms with Crippen LogP contribution < -0.4 is 25.5 Å². The number of fused-ring (bicyclic) bond motifs is 15. The molecule has 0 fully saturated rings. The molecule has 0 saturated heterocycles. The first-order valence-corrected chi connectivity index (χ1v) is 24.9. The largest absolute Gasteiger partial charge is 0.311 e. The van der Waals surface area contributed by atoms with Crippen molar-refractivity contribution in [1.29, 1.82) is 0 Å². The average Bonchev–Trinajstić information content (AvgIpc) is 4.00. The van der Waals surface area contributed by atoms with Gasteiger partial charge in [-0.1, -0.05) is 183 Å². The van der Waals surface area contributed by atoms with Crippen LogP contribution in [0.2, 0.25) is 0 Å². The van der Waals surface area contributed by atoms with Gasteiger partial charge in [0, 0.05) is 43.7 Å².